The zero-order chi connectivity index (χ0) is 16.4. The van der Waals surface area contributed by atoms with Crippen LogP contribution in [0, 0.1) is 11.8 Å². The van der Waals surface area contributed by atoms with Gasteiger partial charge in [-0.25, -0.2) is 0 Å². The molecule has 0 bridgehead atoms. The molecule has 1 fully saturated rings. The van der Waals surface area contributed by atoms with E-state index in [1.54, 1.807) is 0 Å². The van der Waals surface area contributed by atoms with Gasteiger partial charge in [0, 0.05) is 23.5 Å². The van der Waals surface area contributed by atoms with E-state index < -0.39 is 5.97 Å². The minimum absolute atomic E-state index is 0.0178. The molecule has 1 aromatic heterocycles. The van der Waals surface area contributed by atoms with E-state index in [0.29, 0.717) is 25.7 Å². The maximum absolute atomic E-state index is 12.4. The van der Waals surface area contributed by atoms with E-state index in [4.69, 9.17) is 5.11 Å². The summed E-state index contributed by atoms with van der Waals surface area (Å²) in [4.78, 5) is 23.4. The zero-order valence-corrected chi connectivity index (χ0v) is 13.2. The Bertz CT molecular complexity index is 730. The molecule has 2 aromatic rings. The number of carbonyl (C=O) groups excluding carboxylic acids is 1. The summed E-state index contributed by atoms with van der Waals surface area (Å²) in [7, 11) is 0. The molecule has 0 unspecified atom stereocenters. The maximum Gasteiger partial charge on any atom is 0.306 e. The van der Waals surface area contributed by atoms with Crippen LogP contribution >= 0.6 is 0 Å². The number of amides is 1. The maximum atomic E-state index is 12.4. The number of carboxylic acid groups (broad SMARTS) is 1. The highest BCUT2D eigenvalue weighted by Gasteiger charge is 2.29. The topological polar surface area (TPSA) is 84.2 Å². The molecule has 6 nitrogen and oxygen atoms in total. The van der Waals surface area contributed by atoms with Crippen molar-refractivity contribution < 1.29 is 14.7 Å². The highest BCUT2D eigenvalue weighted by atomic mass is 16.4. The number of benzene rings is 1. The standard InChI is InChI=1S/C17H21N3O3/c1-2-20-15-9-14(8-7-13(15)10-18-20)19-16(21)11-3-5-12(6-4-11)17(22)23/h7-12H,2-6H2,1H3,(H,19,21)(H,22,23). The van der Waals surface area contributed by atoms with E-state index in [1.165, 1.54) is 0 Å². The number of rotatable bonds is 4. The molecule has 0 radical (unpaired) electrons. The summed E-state index contributed by atoms with van der Waals surface area (Å²) in [5.41, 5.74) is 1.76. The van der Waals surface area contributed by atoms with E-state index >= 15 is 0 Å². The van der Waals surface area contributed by atoms with Crippen LogP contribution in [0.5, 0.6) is 0 Å². The molecule has 1 aliphatic carbocycles. The third-order valence-corrected chi connectivity index (χ3v) is 4.66. The number of nitrogens with zero attached hydrogens (tertiary/aromatic N) is 2. The van der Waals surface area contributed by atoms with E-state index in [9.17, 15) is 9.59 Å². The van der Waals surface area contributed by atoms with Crippen LogP contribution in [0.25, 0.3) is 10.9 Å². The molecule has 3 rings (SSSR count). The van der Waals surface area contributed by atoms with Gasteiger partial charge < -0.3 is 10.4 Å². The molecule has 0 saturated heterocycles. The van der Waals surface area contributed by atoms with Crippen LogP contribution in [0.2, 0.25) is 0 Å². The van der Waals surface area contributed by atoms with Crippen molar-refractivity contribution in [1.82, 2.24) is 9.78 Å². The molecule has 6 heteroatoms. The number of hydrogen-bond donors (Lipinski definition) is 2. The molecule has 0 atom stereocenters. The Balaban J connectivity index is 1.67. The number of aromatic nitrogens is 2. The summed E-state index contributed by atoms with van der Waals surface area (Å²) in [5.74, 6) is -1.16. The molecule has 1 amide bonds. The number of aliphatic carboxylic acids is 1. The van der Waals surface area contributed by atoms with Gasteiger partial charge in [0.05, 0.1) is 17.6 Å². The molecule has 1 saturated carbocycles. The van der Waals surface area contributed by atoms with Gasteiger partial charge in [-0.3, -0.25) is 14.3 Å². The second-order valence-electron chi connectivity index (χ2n) is 6.11. The van der Waals surface area contributed by atoms with Crippen LogP contribution in [0.1, 0.15) is 32.6 Å². The molecule has 1 aliphatic rings. The van der Waals surface area contributed by atoms with Crippen LogP contribution < -0.4 is 5.32 Å². The number of carboxylic acids is 1. The third-order valence-electron chi connectivity index (χ3n) is 4.66. The lowest BCUT2D eigenvalue weighted by molar-refractivity contribution is -0.143. The molecule has 122 valence electrons. The van der Waals surface area contributed by atoms with E-state index in [1.807, 2.05) is 36.0 Å². The van der Waals surface area contributed by atoms with Crippen LogP contribution in [0.3, 0.4) is 0 Å². The van der Waals surface area contributed by atoms with E-state index in [0.717, 1.165) is 23.1 Å². The third kappa shape index (κ3) is 3.21. The lowest BCUT2D eigenvalue weighted by atomic mass is 9.81. The number of hydrogen-bond acceptors (Lipinski definition) is 3. The van der Waals surface area contributed by atoms with Gasteiger partial charge in [-0.15, -0.1) is 0 Å². The van der Waals surface area contributed by atoms with Crippen molar-refractivity contribution in [2.24, 2.45) is 11.8 Å². The Labute approximate surface area is 134 Å². The van der Waals surface area contributed by atoms with Crippen molar-refractivity contribution in [2.45, 2.75) is 39.2 Å². The molecule has 23 heavy (non-hydrogen) atoms. The van der Waals surface area contributed by atoms with Gasteiger partial charge in [0.25, 0.3) is 0 Å². The van der Waals surface area contributed by atoms with Crippen molar-refractivity contribution in [2.75, 3.05) is 5.32 Å². The predicted molar refractivity (Wildman–Crippen MR) is 87.1 cm³/mol. The van der Waals surface area contributed by atoms with Crippen LogP contribution in [0.15, 0.2) is 24.4 Å². The largest absolute Gasteiger partial charge is 0.481 e. The van der Waals surface area contributed by atoms with Gasteiger partial charge >= 0.3 is 5.97 Å². The Kier molecular flexibility index (Phi) is 4.32. The highest BCUT2D eigenvalue weighted by molar-refractivity contribution is 5.95. The van der Waals surface area contributed by atoms with Crippen LogP contribution in [0.4, 0.5) is 5.69 Å². The Morgan fingerprint density at radius 3 is 2.61 bits per heavy atom. The molecule has 1 aromatic carbocycles. The fraction of sp³-hybridized carbons (Fsp3) is 0.471. The molecular formula is C17H21N3O3. The average Bonchev–Trinajstić information content (AvgIpc) is 2.97. The normalized spacial score (nSPS) is 21.3. The summed E-state index contributed by atoms with van der Waals surface area (Å²) < 4.78 is 1.89. The van der Waals surface area contributed by atoms with Crippen molar-refractivity contribution in [3.05, 3.63) is 24.4 Å². The lowest BCUT2D eigenvalue weighted by Gasteiger charge is -2.25. The first-order chi connectivity index (χ1) is 11.1. The fourth-order valence-electron chi connectivity index (χ4n) is 3.25. The van der Waals surface area contributed by atoms with Crippen LogP contribution in [-0.4, -0.2) is 26.8 Å². The first-order valence-electron chi connectivity index (χ1n) is 8.07. The summed E-state index contributed by atoms with van der Waals surface area (Å²) >= 11 is 0. The molecule has 0 spiro atoms. The number of nitrogens with one attached hydrogen (secondary N) is 1. The summed E-state index contributed by atoms with van der Waals surface area (Å²) in [6, 6.07) is 5.77. The van der Waals surface area contributed by atoms with Crippen molar-refractivity contribution >= 4 is 28.5 Å². The first kappa shape index (κ1) is 15.5. The minimum atomic E-state index is -0.748. The molecule has 1 heterocycles. The van der Waals surface area contributed by atoms with Crippen LogP contribution in [-0.2, 0) is 16.1 Å². The Morgan fingerprint density at radius 1 is 1.26 bits per heavy atom. The van der Waals surface area contributed by atoms with Crippen molar-refractivity contribution in [3.8, 4) is 0 Å². The monoisotopic (exact) mass is 315 g/mol. The van der Waals surface area contributed by atoms with Crippen molar-refractivity contribution in [1.29, 1.82) is 0 Å². The van der Waals surface area contributed by atoms with Crippen molar-refractivity contribution in [3.63, 3.8) is 0 Å². The lowest BCUT2D eigenvalue weighted by Crippen LogP contribution is -2.29. The van der Waals surface area contributed by atoms with E-state index in [2.05, 4.69) is 10.4 Å². The average molecular weight is 315 g/mol. The van der Waals surface area contributed by atoms with Gasteiger partial charge in [-0.2, -0.15) is 5.10 Å². The summed E-state index contributed by atoms with van der Waals surface area (Å²) in [5, 5.41) is 17.3. The highest BCUT2D eigenvalue weighted by Crippen LogP contribution is 2.30. The second kappa shape index (κ2) is 6.40. The zero-order valence-electron chi connectivity index (χ0n) is 13.2. The van der Waals surface area contributed by atoms with Gasteiger partial charge in [-0.05, 0) is 50.8 Å². The Hall–Kier alpha value is -2.37. The van der Waals surface area contributed by atoms with Gasteiger partial charge in [0.1, 0.15) is 0 Å². The summed E-state index contributed by atoms with van der Waals surface area (Å²) in [6.45, 7) is 2.80. The molecule has 2 N–H and O–H groups in total. The fourth-order valence-corrected chi connectivity index (χ4v) is 3.25. The quantitative estimate of drug-likeness (QED) is 0.908. The molecular weight excluding hydrogens is 294 g/mol. The smallest absolute Gasteiger partial charge is 0.306 e. The SMILES string of the molecule is CCn1ncc2ccc(NC(=O)C3CCC(C(=O)O)CC3)cc21. The molecule has 0 aliphatic heterocycles. The van der Waals surface area contributed by atoms with Gasteiger partial charge in [-0.1, -0.05) is 0 Å². The van der Waals surface area contributed by atoms with Gasteiger partial charge in [0.2, 0.25) is 5.91 Å². The van der Waals surface area contributed by atoms with E-state index in [-0.39, 0.29) is 17.7 Å². The predicted octanol–water partition coefficient (Wildman–Crippen LogP) is 2.89. The second-order valence-corrected chi connectivity index (χ2v) is 6.11. The summed E-state index contributed by atoms with van der Waals surface area (Å²) in [6.07, 6.45) is 4.25. The number of aryl methyl sites for hydroxylation is 1. The number of fused-ring (bicyclic) bond motifs is 1. The minimum Gasteiger partial charge on any atom is -0.481 e. The van der Waals surface area contributed by atoms with Gasteiger partial charge in [0.15, 0.2) is 0 Å². The number of carbonyl (C=O) groups is 2. The number of anilines is 1. The first-order valence-corrected chi connectivity index (χ1v) is 8.07. The Morgan fingerprint density at radius 2 is 1.96 bits per heavy atom.